The van der Waals surface area contributed by atoms with Gasteiger partial charge in [-0.25, -0.2) is 0 Å². The first kappa shape index (κ1) is 13.6. The van der Waals surface area contributed by atoms with Gasteiger partial charge in [0.25, 0.3) is 0 Å². The summed E-state index contributed by atoms with van der Waals surface area (Å²) in [5.74, 6) is -0.130. The van der Waals surface area contributed by atoms with Crippen LogP contribution in [0.5, 0.6) is 0 Å². The Kier molecular flexibility index (Phi) is 4.53. The minimum absolute atomic E-state index is 0.130. The van der Waals surface area contributed by atoms with Crippen molar-refractivity contribution in [3.8, 4) is 0 Å². The lowest BCUT2D eigenvalue weighted by Crippen LogP contribution is -2.07. The van der Waals surface area contributed by atoms with Gasteiger partial charge in [0.1, 0.15) is 0 Å². The zero-order chi connectivity index (χ0) is 13.7. The average Bonchev–Trinajstić information content (AvgIpc) is 2.39. The van der Waals surface area contributed by atoms with Crippen LogP contribution in [0.3, 0.4) is 0 Å². The van der Waals surface area contributed by atoms with Crippen LogP contribution >= 0.6 is 15.9 Å². The molecule has 0 fully saturated rings. The molecule has 0 aliphatic rings. The Bertz CT molecular complexity index is 659. The molecule has 0 radical (unpaired) electrons. The second-order valence-electron chi connectivity index (χ2n) is 4.08. The monoisotopic (exact) mass is 315 g/mol. The van der Waals surface area contributed by atoms with Crippen molar-refractivity contribution in [1.29, 1.82) is 0 Å². The topological polar surface area (TPSA) is 29.1 Å². The number of fused-ring (bicyclic) bond motifs is 1. The number of carbonyl (C=O) groups is 1. The Morgan fingerprint density at radius 3 is 2.63 bits per heavy atom. The molecular formula is C16H14BrNO. The van der Waals surface area contributed by atoms with Gasteiger partial charge in [0.2, 0.25) is 5.91 Å². The SMILES string of the molecule is C/C=C/C=CC(=O)Nc1ccc2cc(Br)ccc2c1. The molecule has 0 atom stereocenters. The maximum atomic E-state index is 11.6. The van der Waals surface area contributed by atoms with E-state index in [9.17, 15) is 4.79 Å². The van der Waals surface area contributed by atoms with Crippen molar-refractivity contribution in [3.63, 3.8) is 0 Å². The van der Waals surface area contributed by atoms with Crippen molar-refractivity contribution in [1.82, 2.24) is 0 Å². The van der Waals surface area contributed by atoms with Crippen LogP contribution < -0.4 is 5.32 Å². The lowest BCUT2D eigenvalue weighted by molar-refractivity contribution is -0.111. The van der Waals surface area contributed by atoms with Gasteiger partial charge in [0.15, 0.2) is 0 Å². The largest absolute Gasteiger partial charge is 0.322 e. The molecule has 2 nitrogen and oxygen atoms in total. The van der Waals surface area contributed by atoms with E-state index in [4.69, 9.17) is 0 Å². The van der Waals surface area contributed by atoms with E-state index >= 15 is 0 Å². The Morgan fingerprint density at radius 1 is 1.11 bits per heavy atom. The van der Waals surface area contributed by atoms with Crippen molar-refractivity contribution in [3.05, 3.63) is 65.2 Å². The summed E-state index contributed by atoms with van der Waals surface area (Å²) in [5, 5.41) is 5.07. The molecule has 2 aromatic carbocycles. The van der Waals surface area contributed by atoms with E-state index in [-0.39, 0.29) is 5.91 Å². The Morgan fingerprint density at radius 2 is 1.84 bits per heavy atom. The number of nitrogens with one attached hydrogen (secondary N) is 1. The molecule has 2 aromatic rings. The van der Waals surface area contributed by atoms with Gasteiger partial charge in [0.05, 0.1) is 0 Å². The third-order valence-corrected chi connectivity index (χ3v) is 3.11. The second kappa shape index (κ2) is 6.34. The van der Waals surface area contributed by atoms with Crippen LogP contribution in [-0.4, -0.2) is 5.91 Å². The van der Waals surface area contributed by atoms with E-state index < -0.39 is 0 Å². The van der Waals surface area contributed by atoms with Crippen LogP contribution in [0.4, 0.5) is 5.69 Å². The molecule has 0 unspecified atom stereocenters. The van der Waals surface area contributed by atoms with Gasteiger partial charge in [-0.2, -0.15) is 0 Å². The van der Waals surface area contributed by atoms with Crippen molar-refractivity contribution in [2.24, 2.45) is 0 Å². The first-order chi connectivity index (χ1) is 9.19. The summed E-state index contributed by atoms with van der Waals surface area (Å²) in [7, 11) is 0. The quantitative estimate of drug-likeness (QED) is 0.647. The summed E-state index contributed by atoms with van der Waals surface area (Å²) in [6, 6.07) is 11.9. The molecule has 0 saturated carbocycles. The maximum Gasteiger partial charge on any atom is 0.248 e. The Hall–Kier alpha value is -1.87. The number of anilines is 1. The van der Waals surface area contributed by atoms with Gasteiger partial charge in [-0.05, 0) is 42.0 Å². The predicted octanol–water partition coefficient (Wildman–Crippen LogP) is 4.67. The Labute approximate surface area is 121 Å². The van der Waals surface area contributed by atoms with Gasteiger partial charge in [-0.3, -0.25) is 4.79 Å². The van der Waals surface area contributed by atoms with Crippen LogP contribution in [0.15, 0.2) is 65.2 Å². The number of benzene rings is 2. The summed E-state index contributed by atoms with van der Waals surface area (Å²) < 4.78 is 1.05. The molecule has 0 bridgehead atoms. The van der Waals surface area contributed by atoms with Crippen LogP contribution in [-0.2, 0) is 4.79 Å². The average molecular weight is 316 g/mol. The molecule has 0 aliphatic carbocycles. The third kappa shape index (κ3) is 3.80. The van der Waals surface area contributed by atoms with Crippen LogP contribution in [0.1, 0.15) is 6.92 Å². The first-order valence-electron chi connectivity index (χ1n) is 5.99. The molecule has 3 heteroatoms. The second-order valence-corrected chi connectivity index (χ2v) is 5.00. The fourth-order valence-corrected chi connectivity index (χ4v) is 2.11. The van der Waals surface area contributed by atoms with Gasteiger partial charge in [0, 0.05) is 16.2 Å². The van der Waals surface area contributed by atoms with Gasteiger partial charge >= 0.3 is 0 Å². The van der Waals surface area contributed by atoms with Crippen LogP contribution in [0, 0.1) is 0 Å². The van der Waals surface area contributed by atoms with E-state index in [1.54, 1.807) is 6.08 Å². The molecule has 2 rings (SSSR count). The van der Waals surface area contributed by atoms with Crippen molar-refractivity contribution in [2.45, 2.75) is 6.92 Å². The normalized spacial score (nSPS) is 11.5. The van der Waals surface area contributed by atoms with Gasteiger partial charge in [-0.1, -0.05) is 46.3 Å². The molecule has 19 heavy (non-hydrogen) atoms. The molecule has 0 heterocycles. The number of hydrogen-bond acceptors (Lipinski definition) is 1. The lowest BCUT2D eigenvalue weighted by Gasteiger charge is -2.04. The fraction of sp³-hybridized carbons (Fsp3) is 0.0625. The summed E-state index contributed by atoms with van der Waals surface area (Å²) in [4.78, 5) is 11.6. The molecule has 1 N–H and O–H groups in total. The van der Waals surface area contributed by atoms with Crippen molar-refractivity contribution in [2.75, 3.05) is 5.32 Å². The maximum absolute atomic E-state index is 11.6. The molecule has 0 aromatic heterocycles. The van der Waals surface area contributed by atoms with E-state index in [0.717, 1.165) is 20.9 Å². The third-order valence-electron chi connectivity index (χ3n) is 2.62. The molecular weight excluding hydrogens is 302 g/mol. The highest BCUT2D eigenvalue weighted by Crippen LogP contribution is 2.22. The van der Waals surface area contributed by atoms with Crippen molar-refractivity contribution >= 4 is 38.3 Å². The van der Waals surface area contributed by atoms with E-state index in [2.05, 4.69) is 21.2 Å². The Balaban J connectivity index is 2.17. The predicted molar refractivity (Wildman–Crippen MR) is 84.2 cm³/mol. The van der Waals surface area contributed by atoms with Crippen LogP contribution in [0.25, 0.3) is 10.8 Å². The number of amides is 1. The number of rotatable bonds is 3. The zero-order valence-corrected chi connectivity index (χ0v) is 12.1. The summed E-state index contributed by atoms with van der Waals surface area (Å²) in [6.45, 7) is 1.91. The highest BCUT2D eigenvalue weighted by Gasteiger charge is 2.00. The summed E-state index contributed by atoms with van der Waals surface area (Å²) in [6.07, 6.45) is 6.91. The van der Waals surface area contributed by atoms with Crippen LogP contribution in [0.2, 0.25) is 0 Å². The molecule has 1 amide bonds. The van der Waals surface area contributed by atoms with E-state index in [1.807, 2.05) is 55.5 Å². The number of halogens is 1. The minimum atomic E-state index is -0.130. The van der Waals surface area contributed by atoms with E-state index in [1.165, 1.54) is 6.08 Å². The van der Waals surface area contributed by atoms with E-state index in [0.29, 0.717) is 0 Å². The number of allylic oxidation sites excluding steroid dienone is 3. The molecule has 0 spiro atoms. The minimum Gasteiger partial charge on any atom is -0.322 e. The zero-order valence-electron chi connectivity index (χ0n) is 10.6. The van der Waals surface area contributed by atoms with Crippen molar-refractivity contribution < 1.29 is 4.79 Å². The standard InChI is InChI=1S/C16H14BrNO/c1-2-3-4-5-16(19)18-15-9-7-12-10-14(17)8-6-13(12)11-15/h2-11H,1H3,(H,18,19)/b3-2+,5-4?. The lowest BCUT2D eigenvalue weighted by atomic mass is 10.1. The van der Waals surface area contributed by atoms with Gasteiger partial charge < -0.3 is 5.32 Å². The number of hydrogen-bond donors (Lipinski definition) is 1. The molecule has 0 aliphatic heterocycles. The van der Waals surface area contributed by atoms with Gasteiger partial charge in [-0.15, -0.1) is 0 Å². The fourth-order valence-electron chi connectivity index (χ4n) is 1.73. The number of carbonyl (C=O) groups excluding carboxylic acids is 1. The summed E-state index contributed by atoms with van der Waals surface area (Å²) >= 11 is 3.44. The molecule has 96 valence electrons. The smallest absolute Gasteiger partial charge is 0.248 e. The molecule has 0 saturated heterocycles. The highest BCUT2D eigenvalue weighted by atomic mass is 79.9. The highest BCUT2D eigenvalue weighted by molar-refractivity contribution is 9.10. The first-order valence-corrected chi connectivity index (χ1v) is 6.78. The summed E-state index contributed by atoms with van der Waals surface area (Å²) in [5.41, 5.74) is 0.796.